The molecule has 0 bridgehead atoms. The SMILES string of the molecule is Cc1cnn(-c2ccc(NC(=O)N3CCO[C@@H](c4ccco4)C3)cc2F)c1. The molecule has 1 aliphatic heterocycles. The Morgan fingerprint density at radius 2 is 2.26 bits per heavy atom. The fourth-order valence-corrected chi connectivity index (χ4v) is 3.00. The number of nitrogens with one attached hydrogen (secondary N) is 1. The number of hydrogen-bond donors (Lipinski definition) is 1. The van der Waals surface area contributed by atoms with Crippen LogP contribution in [0.1, 0.15) is 17.4 Å². The molecule has 2 amide bonds. The van der Waals surface area contributed by atoms with Gasteiger partial charge in [-0.3, -0.25) is 0 Å². The van der Waals surface area contributed by atoms with Gasteiger partial charge in [0.05, 0.1) is 25.6 Å². The van der Waals surface area contributed by atoms with Crippen molar-refractivity contribution in [2.24, 2.45) is 0 Å². The minimum Gasteiger partial charge on any atom is -0.467 e. The molecule has 4 rings (SSSR count). The van der Waals surface area contributed by atoms with E-state index in [-0.39, 0.29) is 12.1 Å². The first-order chi connectivity index (χ1) is 13.1. The summed E-state index contributed by atoms with van der Waals surface area (Å²) in [5.74, 6) is 0.212. The van der Waals surface area contributed by atoms with Crippen LogP contribution in [0.2, 0.25) is 0 Å². The summed E-state index contributed by atoms with van der Waals surface area (Å²) in [5, 5.41) is 6.84. The van der Waals surface area contributed by atoms with Crippen molar-refractivity contribution in [3.8, 4) is 5.69 Å². The summed E-state index contributed by atoms with van der Waals surface area (Å²) in [5.41, 5.74) is 1.64. The highest BCUT2D eigenvalue weighted by Gasteiger charge is 2.27. The number of furan rings is 1. The summed E-state index contributed by atoms with van der Waals surface area (Å²) in [6, 6.07) is 7.81. The number of benzene rings is 1. The molecular weight excluding hydrogens is 351 g/mol. The normalized spacial score (nSPS) is 17.1. The number of aromatic nitrogens is 2. The molecule has 0 radical (unpaired) electrons. The minimum absolute atomic E-state index is 0.304. The van der Waals surface area contributed by atoms with Crippen LogP contribution >= 0.6 is 0 Å². The maximum atomic E-state index is 14.4. The highest BCUT2D eigenvalue weighted by Crippen LogP contribution is 2.24. The third kappa shape index (κ3) is 3.70. The third-order valence-corrected chi connectivity index (χ3v) is 4.37. The molecule has 0 spiro atoms. The largest absolute Gasteiger partial charge is 0.467 e. The van der Waals surface area contributed by atoms with E-state index in [0.29, 0.717) is 36.8 Å². The molecule has 1 aromatic carbocycles. The van der Waals surface area contributed by atoms with Crippen molar-refractivity contribution in [1.82, 2.24) is 14.7 Å². The van der Waals surface area contributed by atoms with Crippen molar-refractivity contribution in [1.29, 1.82) is 0 Å². The lowest BCUT2D eigenvalue weighted by Gasteiger charge is -2.32. The molecule has 0 saturated carbocycles. The van der Waals surface area contributed by atoms with E-state index in [1.54, 1.807) is 41.8 Å². The predicted molar refractivity (Wildman–Crippen MR) is 96.3 cm³/mol. The van der Waals surface area contributed by atoms with Gasteiger partial charge in [-0.05, 0) is 42.8 Å². The fraction of sp³-hybridized carbons (Fsp3) is 0.263. The molecule has 7 nitrogen and oxygen atoms in total. The Morgan fingerprint density at radius 3 is 2.96 bits per heavy atom. The number of urea groups is 1. The average molecular weight is 370 g/mol. The maximum absolute atomic E-state index is 14.4. The number of carbonyl (C=O) groups is 1. The van der Waals surface area contributed by atoms with Crippen molar-refractivity contribution < 1.29 is 18.3 Å². The van der Waals surface area contributed by atoms with E-state index in [1.165, 1.54) is 10.7 Å². The zero-order valence-corrected chi connectivity index (χ0v) is 14.8. The quantitative estimate of drug-likeness (QED) is 0.766. The Hall–Kier alpha value is -3.13. The lowest BCUT2D eigenvalue weighted by molar-refractivity contribution is -0.0242. The van der Waals surface area contributed by atoms with Gasteiger partial charge in [-0.15, -0.1) is 0 Å². The van der Waals surface area contributed by atoms with Crippen LogP contribution in [0.25, 0.3) is 5.69 Å². The van der Waals surface area contributed by atoms with Gasteiger partial charge in [-0.1, -0.05) is 0 Å². The Bertz CT molecular complexity index is 938. The summed E-state index contributed by atoms with van der Waals surface area (Å²) in [6.07, 6.45) is 4.66. The monoisotopic (exact) mass is 370 g/mol. The molecule has 3 heterocycles. The second kappa shape index (κ2) is 7.24. The number of aryl methyl sites for hydroxylation is 1. The molecule has 1 fully saturated rings. The summed E-state index contributed by atoms with van der Waals surface area (Å²) in [4.78, 5) is 14.2. The van der Waals surface area contributed by atoms with Gasteiger partial charge in [-0.25, -0.2) is 13.9 Å². The number of morpholine rings is 1. The average Bonchev–Trinajstić information content (AvgIpc) is 3.34. The molecular formula is C19H19FN4O3. The molecule has 0 unspecified atom stereocenters. The van der Waals surface area contributed by atoms with Gasteiger partial charge < -0.3 is 19.4 Å². The highest BCUT2D eigenvalue weighted by molar-refractivity contribution is 5.89. The Kier molecular flexibility index (Phi) is 4.64. The predicted octanol–water partition coefficient (Wildman–Crippen LogP) is 3.52. The van der Waals surface area contributed by atoms with E-state index in [2.05, 4.69) is 10.4 Å². The first-order valence-corrected chi connectivity index (χ1v) is 8.62. The lowest BCUT2D eigenvalue weighted by Crippen LogP contribution is -2.44. The van der Waals surface area contributed by atoms with Crippen LogP contribution in [-0.2, 0) is 4.74 Å². The molecule has 1 aliphatic rings. The number of rotatable bonds is 3. The minimum atomic E-state index is -0.466. The summed E-state index contributed by atoms with van der Waals surface area (Å²) in [6.45, 7) is 3.11. The number of halogens is 1. The van der Waals surface area contributed by atoms with Crippen LogP contribution in [-0.4, -0.2) is 40.4 Å². The van der Waals surface area contributed by atoms with Crippen molar-refractivity contribution in [2.45, 2.75) is 13.0 Å². The van der Waals surface area contributed by atoms with Crippen LogP contribution in [0.3, 0.4) is 0 Å². The molecule has 1 saturated heterocycles. The first kappa shape index (κ1) is 17.3. The fourth-order valence-electron chi connectivity index (χ4n) is 3.00. The molecule has 2 aromatic heterocycles. The molecule has 0 aliphatic carbocycles. The Morgan fingerprint density at radius 1 is 1.37 bits per heavy atom. The third-order valence-electron chi connectivity index (χ3n) is 4.37. The van der Waals surface area contributed by atoms with Gasteiger partial charge in [0, 0.05) is 18.4 Å². The van der Waals surface area contributed by atoms with Crippen molar-refractivity contribution in [2.75, 3.05) is 25.0 Å². The topological polar surface area (TPSA) is 72.5 Å². The second-order valence-electron chi connectivity index (χ2n) is 6.38. The zero-order chi connectivity index (χ0) is 18.8. The second-order valence-corrected chi connectivity index (χ2v) is 6.38. The Labute approximate surface area is 155 Å². The van der Waals surface area contributed by atoms with E-state index < -0.39 is 5.82 Å². The number of nitrogens with zero attached hydrogens (tertiary/aromatic N) is 3. The molecule has 1 atom stereocenters. The van der Waals surface area contributed by atoms with Crippen molar-refractivity contribution >= 4 is 11.7 Å². The number of hydrogen-bond acceptors (Lipinski definition) is 4. The molecule has 140 valence electrons. The maximum Gasteiger partial charge on any atom is 0.322 e. The molecule has 8 heteroatoms. The van der Waals surface area contributed by atoms with Gasteiger partial charge in [0.25, 0.3) is 0 Å². The number of amides is 2. The molecule has 1 N–H and O–H groups in total. The summed E-state index contributed by atoms with van der Waals surface area (Å²) >= 11 is 0. The number of ether oxygens (including phenoxy) is 1. The van der Waals surface area contributed by atoms with Gasteiger partial charge in [0.2, 0.25) is 0 Å². The number of anilines is 1. The van der Waals surface area contributed by atoms with Gasteiger partial charge in [-0.2, -0.15) is 5.10 Å². The van der Waals surface area contributed by atoms with E-state index in [1.807, 2.05) is 13.0 Å². The first-order valence-electron chi connectivity index (χ1n) is 8.62. The van der Waals surface area contributed by atoms with Crippen LogP contribution in [0, 0.1) is 12.7 Å². The van der Waals surface area contributed by atoms with Crippen LogP contribution in [0.4, 0.5) is 14.9 Å². The summed E-state index contributed by atoms with van der Waals surface area (Å²) in [7, 11) is 0. The van der Waals surface area contributed by atoms with Crippen LogP contribution < -0.4 is 5.32 Å². The smallest absolute Gasteiger partial charge is 0.322 e. The standard InChI is InChI=1S/C19H19FN4O3/c1-13-10-21-24(11-13)16-5-4-14(9-15(16)20)22-19(25)23-6-8-27-18(12-23)17-3-2-7-26-17/h2-5,7,9-11,18H,6,8,12H2,1H3,(H,22,25)/t18-/m1/s1. The summed E-state index contributed by atoms with van der Waals surface area (Å²) < 4.78 is 26.9. The van der Waals surface area contributed by atoms with Gasteiger partial charge >= 0.3 is 6.03 Å². The van der Waals surface area contributed by atoms with Crippen LogP contribution in [0.5, 0.6) is 0 Å². The van der Waals surface area contributed by atoms with E-state index in [0.717, 1.165) is 5.56 Å². The van der Waals surface area contributed by atoms with E-state index in [4.69, 9.17) is 9.15 Å². The van der Waals surface area contributed by atoms with Crippen molar-refractivity contribution in [3.05, 3.63) is 66.1 Å². The molecule has 27 heavy (non-hydrogen) atoms. The van der Waals surface area contributed by atoms with Crippen LogP contribution in [0.15, 0.2) is 53.4 Å². The van der Waals surface area contributed by atoms with Crippen molar-refractivity contribution in [3.63, 3.8) is 0 Å². The highest BCUT2D eigenvalue weighted by atomic mass is 19.1. The lowest BCUT2D eigenvalue weighted by atomic mass is 10.2. The van der Waals surface area contributed by atoms with Gasteiger partial charge in [0.1, 0.15) is 17.6 Å². The molecule has 3 aromatic rings. The van der Waals surface area contributed by atoms with E-state index >= 15 is 0 Å². The van der Waals surface area contributed by atoms with E-state index in [9.17, 15) is 9.18 Å². The Balaban J connectivity index is 1.44. The zero-order valence-electron chi connectivity index (χ0n) is 14.8. The van der Waals surface area contributed by atoms with Gasteiger partial charge in [0.15, 0.2) is 5.82 Å². The number of carbonyl (C=O) groups excluding carboxylic acids is 1.